The second-order valence-corrected chi connectivity index (χ2v) is 13.2. The van der Waals surface area contributed by atoms with Crippen molar-refractivity contribution in [1.82, 2.24) is 20.9 Å². The van der Waals surface area contributed by atoms with Gasteiger partial charge in [-0.2, -0.15) is 0 Å². The van der Waals surface area contributed by atoms with Crippen molar-refractivity contribution in [2.75, 3.05) is 67.7 Å². The molecule has 7 N–H and O–H groups in total. The van der Waals surface area contributed by atoms with Gasteiger partial charge in [0.05, 0.1) is 49.7 Å². The number of unbranched alkanes of at least 4 members (excludes halogenated alkanes) is 4. The van der Waals surface area contributed by atoms with Crippen molar-refractivity contribution in [3.63, 3.8) is 0 Å². The van der Waals surface area contributed by atoms with Crippen molar-refractivity contribution in [3.8, 4) is 23.0 Å². The van der Waals surface area contributed by atoms with Crippen molar-refractivity contribution in [2.45, 2.75) is 76.3 Å². The van der Waals surface area contributed by atoms with Crippen molar-refractivity contribution < 1.29 is 38.1 Å². The minimum absolute atomic E-state index is 0.140. The number of rotatable bonds is 23. The monoisotopic (exact) mass is 726 g/mol. The number of carbonyl (C=O) groups is 4. The Kier molecular flexibility index (Phi) is 18.2. The molecule has 0 saturated heterocycles. The molecule has 3 amide bonds. The highest BCUT2D eigenvalue weighted by atomic mass is 16.5. The molecule has 0 spiro atoms. The zero-order valence-electron chi connectivity index (χ0n) is 31.2. The third-order valence-corrected chi connectivity index (χ3v) is 8.95. The number of hydrogen-bond acceptors (Lipinski definition) is 11. The van der Waals surface area contributed by atoms with E-state index in [1.54, 1.807) is 12.1 Å². The average molecular weight is 727 g/mol. The van der Waals surface area contributed by atoms with Gasteiger partial charge < -0.3 is 51.3 Å². The normalized spacial score (nSPS) is 15.4. The van der Waals surface area contributed by atoms with Gasteiger partial charge in [0.15, 0.2) is 6.29 Å². The number of hydrogen-bond donors (Lipinski definition) is 5. The maximum absolute atomic E-state index is 13.9. The number of nitrogens with two attached hydrogens (primary N) is 2. The Labute approximate surface area is 307 Å². The summed E-state index contributed by atoms with van der Waals surface area (Å²) in [5, 5.41) is 9.12. The number of nitrogens with one attached hydrogen (secondary N) is 3. The zero-order chi connectivity index (χ0) is 37.9. The molecular weight excluding hydrogens is 668 g/mol. The smallest absolute Gasteiger partial charge is 0.255 e. The molecule has 0 unspecified atom stereocenters. The van der Waals surface area contributed by atoms with Gasteiger partial charge in [-0.3, -0.25) is 19.2 Å². The molecule has 14 nitrogen and oxygen atoms in total. The molecule has 0 aromatic heterocycles. The summed E-state index contributed by atoms with van der Waals surface area (Å²) in [6, 6.07) is 5.89. The van der Waals surface area contributed by atoms with Gasteiger partial charge in [0.25, 0.3) is 17.7 Å². The number of methoxy groups -OCH3 is 2. The Morgan fingerprint density at radius 2 is 1.17 bits per heavy atom. The SMILES string of the molecule is COc1cc(OC)c(C(=O)NC2CCC(NC(=O)c3cc(C(=O)NCCN(C)C)c(OCCCCCN)cc3OCCCCCN)CC2)cc1C=O. The largest absolute Gasteiger partial charge is 0.496 e. The molecule has 2 aromatic rings. The lowest BCUT2D eigenvalue weighted by Crippen LogP contribution is -2.44. The predicted molar refractivity (Wildman–Crippen MR) is 200 cm³/mol. The van der Waals surface area contributed by atoms with Crippen molar-refractivity contribution in [1.29, 1.82) is 0 Å². The Morgan fingerprint density at radius 1 is 0.692 bits per heavy atom. The van der Waals surface area contributed by atoms with E-state index in [0.717, 1.165) is 38.5 Å². The van der Waals surface area contributed by atoms with Crippen LogP contribution in [0, 0.1) is 0 Å². The Hall–Kier alpha value is -4.40. The first-order chi connectivity index (χ1) is 25.1. The Balaban J connectivity index is 1.76. The quantitative estimate of drug-likeness (QED) is 0.0833. The van der Waals surface area contributed by atoms with Gasteiger partial charge in [0.2, 0.25) is 0 Å². The molecule has 0 heterocycles. The van der Waals surface area contributed by atoms with Crippen LogP contribution in [0.25, 0.3) is 0 Å². The lowest BCUT2D eigenvalue weighted by molar-refractivity contribution is 0.0887. The van der Waals surface area contributed by atoms with E-state index in [1.807, 2.05) is 19.0 Å². The van der Waals surface area contributed by atoms with Crippen molar-refractivity contribution in [3.05, 3.63) is 46.5 Å². The maximum atomic E-state index is 13.9. The summed E-state index contributed by atoms with van der Waals surface area (Å²) >= 11 is 0. The van der Waals surface area contributed by atoms with Crippen LogP contribution in [0.2, 0.25) is 0 Å². The van der Waals surface area contributed by atoms with E-state index >= 15 is 0 Å². The van der Waals surface area contributed by atoms with E-state index in [2.05, 4.69) is 16.0 Å². The first kappa shape index (κ1) is 42.0. The van der Waals surface area contributed by atoms with Crippen molar-refractivity contribution >= 4 is 24.0 Å². The first-order valence-corrected chi connectivity index (χ1v) is 18.2. The molecule has 0 atom stereocenters. The van der Waals surface area contributed by atoms with Crippen LogP contribution in [0.5, 0.6) is 23.0 Å². The van der Waals surface area contributed by atoms with Crippen LogP contribution >= 0.6 is 0 Å². The number of nitrogens with zero attached hydrogens (tertiary/aromatic N) is 1. The number of ether oxygens (including phenoxy) is 4. The molecule has 1 fully saturated rings. The van der Waals surface area contributed by atoms with Gasteiger partial charge in [-0.1, -0.05) is 0 Å². The average Bonchev–Trinajstić information content (AvgIpc) is 3.14. The van der Waals surface area contributed by atoms with Crippen LogP contribution in [0.1, 0.15) is 106 Å². The molecule has 2 aromatic carbocycles. The molecule has 1 aliphatic carbocycles. The molecule has 3 rings (SSSR count). The standard InChI is InChI=1S/C38H58N6O8/c1-44(2)18-17-41-36(46)30-22-31(35(52-20-10-6-8-16-40)24-34(30)51-19-9-5-7-15-39)38(48)43-28-13-11-27(12-14-28)42-37(47)29-21-26(25-45)32(49-3)23-33(29)50-4/h21-25,27-28H,5-20,39-40H2,1-4H3,(H,41,46)(H,42,47)(H,43,48). The summed E-state index contributed by atoms with van der Waals surface area (Å²) in [5.41, 5.74) is 12.3. The predicted octanol–water partition coefficient (Wildman–Crippen LogP) is 3.29. The van der Waals surface area contributed by atoms with E-state index in [0.29, 0.717) is 94.4 Å². The van der Waals surface area contributed by atoms with E-state index in [1.165, 1.54) is 26.4 Å². The first-order valence-electron chi connectivity index (χ1n) is 18.2. The number of amides is 3. The molecule has 1 aliphatic rings. The second-order valence-electron chi connectivity index (χ2n) is 13.2. The minimum atomic E-state index is -0.360. The number of carbonyl (C=O) groups excluding carboxylic acids is 4. The van der Waals surface area contributed by atoms with E-state index < -0.39 is 0 Å². The second kappa shape index (κ2) is 22.5. The minimum Gasteiger partial charge on any atom is -0.496 e. The molecule has 52 heavy (non-hydrogen) atoms. The molecule has 288 valence electrons. The van der Waals surface area contributed by atoms with Crippen LogP contribution in [-0.4, -0.2) is 109 Å². The lowest BCUT2D eigenvalue weighted by Gasteiger charge is -2.30. The lowest BCUT2D eigenvalue weighted by atomic mass is 9.90. The van der Waals surface area contributed by atoms with Gasteiger partial charge >= 0.3 is 0 Å². The van der Waals surface area contributed by atoms with Crippen LogP contribution in [0.15, 0.2) is 24.3 Å². The summed E-state index contributed by atoms with van der Waals surface area (Å²) in [4.78, 5) is 54.1. The van der Waals surface area contributed by atoms with Gasteiger partial charge in [-0.25, -0.2) is 0 Å². The molecule has 0 aliphatic heterocycles. The van der Waals surface area contributed by atoms with Crippen molar-refractivity contribution in [2.24, 2.45) is 11.5 Å². The summed E-state index contributed by atoms with van der Waals surface area (Å²) in [7, 11) is 6.74. The van der Waals surface area contributed by atoms with Crippen LogP contribution < -0.4 is 46.4 Å². The van der Waals surface area contributed by atoms with E-state index in [4.69, 9.17) is 30.4 Å². The topological polar surface area (TPSA) is 197 Å². The van der Waals surface area contributed by atoms with E-state index in [-0.39, 0.29) is 52.1 Å². The zero-order valence-corrected chi connectivity index (χ0v) is 31.2. The summed E-state index contributed by atoms with van der Waals surface area (Å²) in [5.74, 6) is 0.258. The molecule has 0 radical (unpaired) electrons. The maximum Gasteiger partial charge on any atom is 0.255 e. The number of likely N-dealkylation sites (N-methyl/N-ethyl adjacent to an activating group) is 1. The summed E-state index contributed by atoms with van der Waals surface area (Å²) < 4.78 is 22.9. The van der Waals surface area contributed by atoms with Gasteiger partial charge in [0.1, 0.15) is 23.0 Å². The molecule has 14 heteroatoms. The number of aldehydes is 1. The van der Waals surface area contributed by atoms with Gasteiger partial charge in [-0.05, 0) is 104 Å². The summed E-state index contributed by atoms with van der Waals surface area (Å²) in [6.07, 6.45) is 8.18. The fraction of sp³-hybridized carbons (Fsp3) is 0.579. The highest BCUT2D eigenvalue weighted by Gasteiger charge is 2.28. The van der Waals surface area contributed by atoms with Crippen LogP contribution in [0.4, 0.5) is 0 Å². The van der Waals surface area contributed by atoms with Gasteiger partial charge in [-0.15, -0.1) is 0 Å². The Morgan fingerprint density at radius 3 is 1.63 bits per heavy atom. The fourth-order valence-electron chi connectivity index (χ4n) is 5.96. The third kappa shape index (κ3) is 13.0. The highest BCUT2D eigenvalue weighted by Crippen LogP contribution is 2.32. The molecular formula is C38H58N6O8. The fourth-order valence-corrected chi connectivity index (χ4v) is 5.96. The molecule has 0 bridgehead atoms. The molecule has 1 saturated carbocycles. The number of benzene rings is 2. The van der Waals surface area contributed by atoms with Crippen LogP contribution in [-0.2, 0) is 0 Å². The third-order valence-electron chi connectivity index (χ3n) is 8.95. The Bertz CT molecular complexity index is 1460. The summed E-state index contributed by atoms with van der Waals surface area (Å²) in [6.45, 7) is 3.03. The van der Waals surface area contributed by atoms with Gasteiger partial charge in [0, 0.05) is 37.3 Å². The highest BCUT2D eigenvalue weighted by molar-refractivity contribution is 6.03. The van der Waals surface area contributed by atoms with Crippen LogP contribution in [0.3, 0.4) is 0 Å². The van der Waals surface area contributed by atoms with E-state index in [9.17, 15) is 19.2 Å².